The van der Waals surface area contributed by atoms with Crippen LogP contribution in [0.15, 0.2) is 12.2 Å². The van der Waals surface area contributed by atoms with Crippen LogP contribution in [0.1, 0.15) is 206 Å². The largest absolute Gasteiger partial charge is 0.394 e. The fourth-order valence-electron chi connectivity index (χ4n) is 6.05. The monoisotopic (exact) mass is 624 g/mol. The summed E-state index contributed by atoms with van der Waals surface area (Å²) >= 11 is 0. The zero-order valence-electron chi connectivity index (χ0n) is 29.6. The number of hydrogen-bond acceptors (Lipinski definition) is 4. The van der Waals surface area contributed by atoms with Gasteiger partial charge in [-0.15, -0.1) is 0 Å². The molecule has 0 bridgehead atoms. The van der Waals surface area contributed by atoms with Gasteiger partial charge in [0.25, 0.3) is 0 Å². The lowest BCUT2D eigenvalue weighted by atomic mass is 10.0. The minimum absolute atomic E-state index is 0.0160. The summed E-state index contributed by atoms with van der Waals surface area (Å²) in [4.78, 5) is 12.3. The van der Waals surface area contributed by atoms with Crippen LogP contribution in [0.25, 0.3) is 0 Å². The number of allylic oxidation sites excluding steroid dienone is 1. The topological polar surface area (TPSA) is 89.8 Å². The Balaban J connectivity index is 3.60. The average Bonchev–Trinajstić information content (AvgIpc) is 3.01. The SMILES string of the molecule is CCCCCCCCCCCCCCCCCCCCCC/C=C/C(O)C(CO)NC(=O)CC(O)CCCCCCCCC. The van der Waals surface area contributed by atoms with E-state index in [0.29, 0.717) is 6.42 Å². The Hall–Kier alpha value is -0.910. The van der Waals surface area contributed by atoms with Crippen molar-refractivity contribution in [1.29, 1.82) is 0 Å². The molecular weight excluding hydrogens is 546 g/mol. The zero-order chi connectivity index (χ0) is 32.4. The maximum Gasteiger partial charge on any atom is 0.222 e. The van der Waals surface area contributed by atoms with E-state index < -0.39 is 18.2 Å². The minimum Gasteiger partial charge on any atom is -0.394 e. The molecule has 0 aromatic rings. The average molecular weight is 624 g/mol. The van der Waals surface area contributed by atoms with E-state index in [1.807, 2.05) is 6.08 Å². The quantitative estimate of drug-likeness (QED) is 0.0418. The van der Waals surface area contributed by atoms with Crippen LogP contribution in [-0.2, 0) is 4.79 Å². The van der Waals surface area contributed by atoms with Gasteiger partial charge in [0.2, 0.25) is 5.91 Å². The summed E-state index contributed by atoms with van der Waals surface area (Å²) in [6.45, 7) is 4.17. The molecule has 0 fully saturated rings. The molecule has 4 N–H and O–H groups in total. The predicted octanol–water partition coefficient (Wildman–Crippen LogP) is 10.5. The van der Waals surface area contributed by atoms with Crippen molar-refractivity contribution in [2.24, 2.45) is 0 Å². The molecule has 0 rings (SSSR count). The van der Waals surface area contributed by atoms with Gasteiger partial charge in [-0.3, -0.25) is 4.79 Å². The molecule has 0 heterocycles. The smallest absolute Gasteiger partial charge is 0.222 e. The van der Waals surface area contributed by atoms with Gasteiger partial charge in [0.15, 0.2) is 0 Å². The third-order valence-electron chi connectivity index (χ3n) is 9.07. The first-order valence-electron chi connectivity index (χ1n) is 19.5. The highest BCUT2D eigenvalue weighted by Crippen LogP contribution is 2.15. The Bertz CT molecular complexity index is 611. The Kier molecular flexibility index (Phi) is 34.2. The second kappa shape index (κ2) is 35.0. The standard InChI is InChI=1S/C39H77NO4/c1-3-5-7-9-11-12-13-14-15-16-17-18-19-20-21-22-23-24-25-27-29-31-33-38(43)37(35-41)40-39(44)34-36(42)32-30-28-26-10-8-6-4-2/h31,33,36-38,41-43H,3-30,32,34-35H2,1-2H3,(H,40,44)/b33-31+. The van der Waals surface area contributed by atoms with Gasteiger partial charge in [0.05, 0.1) is 31.3 Å². The first-order valence-corrected chi connectivity index (χ1v) is 19.5. The van der Waals surface area contributed by atoms with Crippen LogP contribution < -0.4 is 5.32 Å². The van der Waals surface area contributed by atoms with Crippen molar-refractivity contribution < 1.29 is 20.1 Å². The van der Waals surface area contributed by atoms with E-state index in [4.69, 9.17) is 0 Å². The first-order chi connectivity index (χ1) is 21.5. The molecule has 0 aromatic heterocycles. The van der Waals surface area contributed by atoms with Gasteiger partial charge in [-0.25, -0.2) is 0 Å². The summed E-state index contributed by atoms with van der Waals surface area (Å²) < 4.78 is 0. The van der Waals surface area contributed by atoms with Gasteiger partial charge in [-0.2, -0.15) is 0 Å². The highest BCUT2D eigenvalue weighted by molar-refractivity contribution is 5.76. The molecule has 0 aromatic carbocycles. The van der Waals surface area contributed by atoms with Crippen molar-refractivity contribution in [3.63, 3.8) is 0 Å². The molecule has 262 valence electrons. The number of rotatable bonds is 35. The molecule has 0 saturated carbocycles. The van der Waals surface area contributed by atoms with Gasteiger partial charge in [0, 0.05) is 0 Å². The maximum atomic E-state index is 12.3. The van der Waals surface area contributed by atoms with E-state index in [1.165, 1.54) is 154 Å². The van der Waals surface area contributed by atoms with Gasteiger partial charge in [-0.1, -0.05) is 193 Å². The van der Waals surface area contributed by atoms with Crippen LogP contribution in [0.4, 0.5) is 0 Å². The first kappa shape index (κ1) is 43.1. The third-order valence-corrected chi connectivity index (χ3v) is 9.07. The summed E-state index contributed by atoms with van der Waals surface area (Å²) in [6, 6.07) is -0.737. The van der Waals surface area contributed by atoms with Crippen molar-refractivity contribution >= 4 is 5.91 Å². The van der Waals surface area contributed by atoms with E-state index in [2.05, 4.69) is 19.2 Å². The van der Waals surface area contributed by atoms with Crippen LogP contribution in [-0.4, -0.2) is 46.1 Å². The highest BCUT2D eigenvalue weighted by Gasteiger charge is 2.20. The lowest BCUT2D eigenvalue weighted by Gasteiger charge is -2.21. The van der Waals surface area contributed by atoms with E-state index in [9.17, 15) is 20.1 Å². The second-order valence-corrected chi connectivity index (χ2v) is 13.5. The van der Waals surface area contributed by atoms with Crippen molar-refractivity contribution in [3.05, 3.63) is 12.2 Å². The molecule has 0 spiro atoms. The fourth-order valence-corrected chi connectivity index (χ4v) is 6.05. The molecule has 0 aliphatic carbocycles. The lowest BCUT2D eigenvalue weighted by molar-refractivity contribution is -0.124. The normalized spacial score (nSPS) is 13.8. The van der Waals surface area contributed by atoms with Gasteiger partial charge < -0.3 is 20.6 Å². The molecular formula is C39H77NO4. The number of nitrogens with one attached hydrogen (secondary N) is 1. The summed E-state index contributed by atoms with van der Waals surface area (Å²) in [5.74, 6) is -0.318. The van der Waals surface area contributed by atoms with Crippen LogP contribution in [0, 0.1) is 0 Å². The molecule has 0 radical (unpaired) electrons. The summed E-state index contributed by atoms with van der Waals surface area (Å²) in [5.41, 5.74) is 0. The Morgan fingerprint density at radius 1 is 0.568 bits per heavy atom. The van der Waals surface area contributed by atoms with Crippen molar-refractivity contribution in [3.8, 4) is 0 Å². The number of unbranched alkanes of at least 4 members (excludes halogenated alkanes) is 26. The van der Waals surface area contributed by atoms with Crippen molar-refractivity contribution in [2.45, 2.75) is 225 Å². The number of carbonyl (C=O) groups excluding carboxylic acids is 1. The molecule has 3 unspecified atom stereocenters. The summed E-state index contributed by atoms with van der Waals surface area (Å²) in [7, 11) is 0. The van der Waals surface area contributed by atoms with Crippen molar-refractivity contribution in [1.82, 2.24) is 5.32 Å². The number of amides is 1. The number of hydrogen-bond donors (Lipinski definition) is 4. The molecule has 3 atom stereocenters. The van der Waals surface area contributed by atoms with Gasteiger partial charge in [0.1, 0.15) is 0 Å². The van der Waals surface area contributed by atoms with E-state index in [-0.39, 0.29) is 18.9 Å². The Morgan fingerprint density at radius 2 is 0.932 bits per heavy atom. The third kappa shape index (κ3) is 31.1. The zero-order valence-corrected chi connectivity index (χ0v) is 29.6. The molecule has 5 nitrogen and oxygen atoms in total. The second-order valence-electron chi connectivity index (χ2n) is 13.5. The minimum atomic E-state index is -0.922. The number of aliphatic hydroxyl groups is 3. The molecule has 0 aliphatic rings. The number of carbonyl (C=O) groups is 1. The fraction of sp³-hybridized carbons (Fsp3) is 0.923. The van der Waals surface area contributed by atoms with E-state index in [1.54, 1.807) is 6.08 Å². The molecule has 5 heteroatoms. The van der Waals surface area contributed by atoms with Gasteiger partial charge >= 0.3 is 0 Å². The van der Waals surface area contributed by atoms with Crippen LogP contribution >= 0.6 is 0 Å². The lowest BCUT2D eigenvalue weighted by Crippen LogP contribution is -2.45. The van der Waals surface area contributed by atoms with E-state index >= 15 is 0 Å². The Labute approximate surface area is 274 Å². The summed E-state index contributed by atoms with van der Waals surface area (Å²) in [5, 5.41) is 32.9. The van der Waals surface area contributed by atoms with Crippen LogP contribution in [0.3, 0.4) is 0 Å². The molecule has 1 amide bonds. The summed E-state index contributed by atoms with van der Waals surface area (Å²) in [6.07, 6.45) is 39.4. The Morgan fingerprint density at radius 3 is 1.32 bits per heavy atom. The van der Waals surface area contributed by atoms with Crippen LogP contribution in [0.5, 0.6) is 0 Å². The molecule has 0 saturated heterocycles. The number of aliphatic hydroxyl groups excluding tert-OH is 3. The molecule has 44 heavy (non-hydrogen) atoms. The highest BCUT2D eigenvalue weighted by atomic mass is 16.3. The maximum absolute atomic E-state index is 12.3. The van der Waals surface area contributed by atoms with Gasteiger partial charge in [-0.05, 0) is 19.3 Å². The van der Waals surface area contributed by atoms with Crippen LogP contribution in [0.2, 0.25) is 0 Å². The van der Waals surface area contributed by atoms with E-state index in [0.717, 1.165) is 25.7 Å². The van der Waals surface area contributed by atoms with Crippen molar-refractivity contribution in [2.75, 3.05) is 6.61 Å². The molecule has 0 aliphatic heterocycles. The predicted molar refractivity (Wildman–Crippen MR) is 190 cm³/mol.